The highest BCUT2D eigenvalue weighted by molar-refractivity contribution is 6.14. The molecule has 2 spiro atoms. The van der Waals surface area contributed by atoms with Crippen LogP contribution in [-0.4, -0.2) is 74.0 Å². The maximum absolute atomic E-state index is 13.1. The fourth-order valence-electron chi connectivity index (χ4n) is 13.0. The summed E-state index contributed by atoms with van der Waals surface area (Å²) < 4.78 is 12.7. The molecule has 0 amide bonds. The second-order valence-electron chi connectivity index (χ2n) is 17.9. The topological polar surface area (TPSA) is 146 Å². The van der Waals surface area contributed by atoms with Crippen LogP contribution >= 0.6 is 11.8 Å². The molecule has 10 heteroatoms. The number of carboxylic acids is 1. The molecule has 6 rings (SSSR count). The van der Waals surface area contributed by atoms with Crippen LogP contribution in [0.3, 0.4) is 0 Å². The number of carboxylic acid groups (broad SMARTS) is 1. The van der Waals surface area contributed by atoms with Crippen molar-refractivity contribution in [3.63, 3.8) is 0 Å². The molecule has 9 nitrogen and oxygen atoms in total. The standard InChI is InChI=1S/C35H56ClNO8/c1-29(2)23(44-28(42)19(37-36)8-9-25(40)41)11-13-35-18-34(35)15-14-31(5)27(33(7)12-10-24(45-33)30(3,4)43)21(39)17-32(31,6)22(34)16-20(38)26(29)35/h19-24,26-27,37-39,43H,8-18H2,1-7H3,(H,40,41)/t19-,20-,21-,22?,23-,24-,26-,27?,31+,32-,33+,34?,35+/m0/s1. The van der Waals surface area contributed by atoms with Crippen LogP contribution in [0.2, 0.25) is 0 Å². The third kappa shape index (κ3) is 4.63. The number of ether oxygens (including phenoxy) is 2. The number of nitrogens with one attached hydrogen (secondary N) is 1. The number of hydrogen-bond acceptors (Lipinski definition) is 8. The van der Waals surface area contributed by atoms with E-state index in [9.17, 15) is 24.9 Å². The van der Waals surface area contributed by atoms with Gasteiger partial charge in [0.15, 0.2) is 0 Å². The van der Waals surface area contributed by atoms with Gasteiger partial charge in [-0.3, -0.25) is 9.59 Å². The number of rotatable bonds is 8. The van der Waals surface area contributed by atoms with Crippen molar-refractivity contribution in [2.75, 3.05) is 0 Å². The molecule has 5 aliphatic carbocycles. The molecule has 0 aromatic heterocycles. The average Bonchev–Trinajstić information content (AvgIpc) is 3.27. The number of aliphatic hydroxyl groups excluding tert-OH is 2. The summed E-state index contributed by atoms with van der Waals surface area (Å²) in [6, 6.07) is -0.912. The molecule has 1 heterocycles. The molecule has 3 unspecified atom stereocenters. The molecule has 6 fully saturated rings. The van der Waals surface area contributed by atoms with Crippen molar-refractivity contribution in [3.8, 4) is 0 Å². The first-order valence-corrected chi connectivity index (χ1v) is 17.6. The highest BCUT2D eigenvalue weighted by Gasteiger charge is 2.85. The van der Waals surface area contributed by atoms with Crippen molar-refractivity contribution >= 4 is 23.7 Å². The minimum atomic E-state index is -1.000. The fraction of sp³-hybridized carbons (Fsp3) is 0.943. The second kappa shape index (κ2) is 10.5. The first-order chi connectivity index (χ1) is 20.7. The maximum atomic E-state index is 13.1. The predicted molar refractivity (Wildman–Crippen MR) is 168 cm³/mol. The van der Waals surface area contributed by atoms with Crippen LogP contribution in [0.1, 0.15) is 119 Å². The number of carbonyl (C=O) groups excluding carboxylic acids is 1. The fourth-order valence-corrected chi connectivity index (χ4v) is 13.2. The monoisotopic (exact) mass is 653 g/mol. The van der Waals surface area contributed by atoms with E-state index in [1.54, 1.807) is 13.8 Å². The van der Waals surface area contributed by atoms with Gasteiger partial charge in [0.05, 0.1) is 29.5 Å². The quantitative estimate of drug-likeness (QED) is 0.181. The Morgan fingerprint density at radius 2 is 1.67 bits per heavy atom. The zero-order valence-corrected chi connectivity index (χ0v) is 29.0. The maximum Gasteiger partial charge on any atom is 0.324 e. The third-order valence-corrected chi connectivity index (χ3v) is 15.3. The van der Waals surface area contributed by atoms with Crippen LogP contribution < -0.4 is 4.84 Å². The number of aliphatic hydroxyl groups is 3. The number of hydrogen-bond donors (Lipinski definition) is 5. The van der Waals surface area contributed by atoms with E-state index in [1.165, 1.54) is 0 Å². The number of carbonyl (C=O) groups is 2. The first kappa shape index (κ1) is 33.9. The lowest BCUT2D eigenvalue weighted by atomic mass is 9.41. The van der Waals surface area contributed by atoms with Gasteiger partial charge in [-0.05, 0) is 130 Å². The summed E-state index contributed by atoms with van der Waals surface area (Å²) in [6.45, 7) is 14.7. The molecule has 6 aliphatic rings. The summed E-state index contributed by atoms with van der Waals surface area (Å²) in [5.74, 6) is -1.37. The molecule has 13 atom stereocenters. The van der Waals surface area contributed by atoms with Crippen LogP contribution in [0.5, 0.6) is 0 Å². The van der Waals surface area contributed by atoms with Crippen LogP contribution in [-0.2, 0) is 19.1 Å². The summed E-state index contributed by atoms with van der Waals surface area (Å²) in [4.78, 5) is 26.6. The van der Waals surface area contributed by atoms with E-state index in [2.05, 4.69) is 39.5 Å². The summed E-state index contributed by atoms with van der Waals surface area (Å²) in [6.07, 6.45) is 5.69. The number of aliphatic carboxylic acids is 1. The summed E-state index contributed by atoms with van der Waals surface area (Å²) in [5, 5.41) is 43.8. The molecule has 1 aliphatic heterocycles. The summed E-state index contributed by atoms with van der Waals surface area (Å²) in [7, 11) is 0. The zero-order valence-electron chi connectivity index (χ0n) is 28.2. The van der Waals surface area contributed by atoms with Crippen molar-refractivity contribution in [2.24, 2.45) is 44.8 Å². The largest absolute Gasteiger partial charge is 0.481 e. The van der Waals surface area contributed by atoms with Gasteiger partial charge in [0.2, 0.25) is 0 Å². The molecule has 5 saturated carbocycles. The molecule has 0 radical (unpaired) electrons. The minimum absolute atomic E-state index is 0.0347. The van der Waals surface area contributed by atoms with Gasteiger partial charge in [-0.1, -0.05) is 27.7 Å². The van der Waals surface area contributed by atoms with Crippen molar-refractivity contribution in [1.29, 1.82) is 0 Å². The molecule has 0 aromatic carbocycles. The van der Waals surface area contributed by atoms with E-state index in [0.29, 0.717) is 19.3 Å². The molecular weight excluding hydrogens is 598 g/mol. The van der Waals surface area contributed by atoms with Gasteiger partial charge >= 0.3 is 11.9 Å². The van der Waals surface area contributed by atoms with E-state index in [1.807, 2.05) is 0 Å². The SMILES string of the molecule is CC(C)(O)[C@@H]1CC[C@](C)(C2[C@@H](O)C[C@@]3(C)C4C[C@H](O)[C@H]5C(C)(C)[C@@H](OC(=O)[C@H](CCC(=O)O)NCl)CC[C@@]56CC46CC[C@]23C)O1. The first-order valence-electron chi connectivity index (χ1n) is 17.3. The van der Waals surface area contributed by atoms with E-state index < -0.39 is 52.9 Å². The van der Waals surface area contributed by atoms with E-state index in [0.717, 1.165) is 38.5 Å². The predicted octanol–water partition coefficient (Wildman–Crippen LogP) is 4.96. The van der Waals surface area contributed by atoms with Crippen molar-refractivity contribution in [3.05, 3.63) is 0 Å². The number of esters is 1. The third-order valence-electron chi connectivity index (χ3n) is 15.1. The zero-order chi connectivity index (χ0) is 33.2. The molecule has 1 saturated heterocycles. The lowest BCUT2D eigenvalue weighted by molar-refractivity contribution is -0.218. The summed E-state index contributed by atoms with van der Waals surface area (Å²) >= 11 is 5.82. The number of halogens is 1. The molecule has 45 heavy (non-hydrogen) atoms. The van der Waals surface area contributed by atoms with Gasteiger partial charge in [-0.2, -0.15) is 0 Å². The Morgan fingerprint density at radius 3 is 2.27 bits per heavy atom. The van der Waals surface area contributed by atoms with Gasteiger partial charge in [-0.25, -0.2) is 4.84 Å². The van der Waals surface area contributed by atoms with Crippen LogP contribution in [0.25, 0.3) is 0 Å². The second-order valence-corrected chi connectivity index (χ2v) is 18.1. The van der Waals surface area contributed by atoms with Crippen molar-refractivity contribution in [2.45, 2.75) is 161 Å². The van der Waals surface area contributed by atoms with E-state index in [-0.39, 0.29) is 58.4 Å². The highest BCUT2D eigenvalue weighted by atomic mass is 35.5. The molecule has 5 N–H and O–H groups in total. The van der Waals surface area contributed by atoms with Crippen molar-refractivity contribution < 1.29 is 39.5 Å². The summed E-state index contributed by atoms with van der Waals surface area (Å²) in [5.41, 5.74) is -2.26. The molecule has 0 bridgehead atoms. The lowest BCUT2D eigenvalue weighted by Gasteiger charge is -2.64. The Bertz CT molecular complexity index is 1220. The van der Waals surface area contributed by atoms with Gasteiger partial charge in [0, 0.05) is 17.8 Å². The number of fused-ring (bicyclic) bond motifs is 2. The molecule has 256 valence electrons. The van der Waals surface area contributed by atoms with Gasteiger partial charge in [0.25, 0.3) is 0 Å². The van der Waals surface area contributed by atoms with Crippen LogP contribution in [0, 0.1) is 44.8 Å². The Hall–Kier alpha value is -0.970. The van der Waals surface area contributed by atoms with E-state index >= 15 is 0 Å². The van der Waals surface area contributed by atoms with Crippen molar-refractivity contribution in [1.82, 2.24) is 4.84 Å². The van der Waals surface area contributed by atoms with Gasteiger partial charge in [0.1, 0.15) is 12.1 Å². The molecule has 0 aromatic rings. The Labute approximate surface area is 273 Å². The Morgan fingerprint density at radius 1 is 0.978 bits per heavy atom. The normalized spacial score (nSPS) is 50.5. The van der Waals surface area contributed by atoms with Gasteiger partial charge < -0.3 is 29.9 Å². The minimum Gasteiger partial charge on any atom is -0.481 e. The van der Waals surface area contributed by atoms with E-state index in [4.69, 9.17) is 26.4 Å². The highest BCUT2D eigenvalue weighted by Crippen LogP contribution is 2.89. The van der Waals surface area contributed by atoms with Gasteiger partial charge in [-0.15, -0.1) is 0 Å². The Kier molecular flexibility index (Phi) is 7.92. The average molecular weight is 654 g/mol. The molecular formula is C35H56ClNO8. The lowest BCUT2D eigenvalue weighted by Crippen LogP contribution is -2.62. The Balaban J connectivity index is 1.25. The smallest absolute Gasteiger partial charge is 0.324 e. The van der Waals surface area contributed by atoms with Crippen LogP contribution in [0.15, 0.2) is 0 Å². The van der Waals surface area contributed by atoms with Crippen LogP contribution in [0.4, 0.5) is 0 Å².